The lowest BCUT2D eigenvalue weighted by Gasteiger charge is -2.33. The first-order chi connectivity index (χ1) is 10.00. The van der Waals surface area contributed by atoms with Crippen molar-refractivity contribution in [2.75, 3.05) is 45.9 Å². The summed E-state index contributed by atoms with van der Waals surface area (Å²) in [5, 5.41) is 16.8. The molecule has 1 aromatic rings. The van der Waals surface area contributed by atoms with Gasteiger partial charge >= 0.3 is 0 Å². The Kier molecular flexibility index (Phi) is 4.02. The van der Waals surface area contributed by atoms with Crippen molar-refractivity contribution in [2.24, 2.45) is 0 Å². The summed E-state index contributed by atoms with van der Waals surface area (Å²) in [5.41, 5.74) is -0.992. The predicted octanol–water partition coefficient (Wildman–Crippen LogP) is -1.13. The van der Waals surface area contributed by atoms with Gasteiger partial charge in [-0.15, -0.1) is 0 Å². The Hall–Kier alpha value is -1.00. The number of hydrogen-bond acceptors (Lipinski definition) is 6. The number of β-amino-alcohol motifs (C(OH)–C–C–N with tert-alkyl or cyclic N) is 1. The van der Waals surface area contributed by atoms with Gasteiger partial charge in [-0.25, -0.2) is 8.42 Å². The van der Waals surface area contributed by atoms with Crippen molar-refractivity contribution >= 4 is 10.0 Å². The minimum absolute atomic E-state index is 0.123. The van der Waals surface area contributed by atoms with E-state index in [-0.39, 0.29) is 11.4 Å². The lowest BCUT2D eigenvalue weighted by molar-refractivity contribution is -0.0239. The molecule has 0 spiro atoms. The molecule has 2 fully saturated rings. The van der Waals surface area contributed by atoms with Crippen molar-refractivity contribution in [3.63, 3.8) is 0 Å². The highest BCUT2D eigenvalue weighted by Gasteiger charge is 2.43. The molecular formula is C12H20N4O4S. The molecule has 2 aliphatic rings. The molecule has 0 amide bonds. The van der Waals surface area contributed by atoms with Crippen LogP contribution in [-0.4, -0.2) is 84.5 Å². The van der Waals surface area contributed by atoms with Gasteiger partial charge in [0.15, 0.2) is 0 Å². The second-order valence-corrected chi connectivity index (χ2v) is 7.57. The van der Waals surface area contributed by atoms with E-state index < -0.39 is 15.6 Å². The van der Waals surface area contributed by atoms with Gasteiger partial charge in [-0.2, -0.15) is 9.40 Å². The first-order valence-electron chi connectivity index (χ1n) is 7.01. The molecule has 0 aliphatic carbocycles. The molecule has 0 aromatic carbocycles. The minimum Gasteiger partial charge on any atom is -0.387 e. The predicted molar refractivity (Wildman–Crippen MR) is 74.2 cm³/mol. The number of rotatable bonds is 4. The number of sulfonamides is 1. The van der Waals surface area contributed by atoms with Crippen LogP contribution in [0.15, 0.2) is 17.3 Å². The van der Waals surface area contributed by atoms with E-state index in [4.69, 9.17) is 4.74 Å². The standard InChI is InChI=1S/C12H20N4O4S/c17-12(9-15-3-5-20-6-4-15)1-2-16(10-12)21(18,19)11-7-13-14-8-11/h7-8,17H,1-6,9-10H2,(H,13,14)/t12-/m0/s1. The van der Waals surface area contributed by atoms with Crippen molar-refractivity contribution in [3.8, 4) is 0 Å². The molecule has 3 heterocycles. The van der Waals surface area contributed by atoms with Gasteiger partial charge in [0.2, 0.25) is 10.0 Å². The summed E-state index contributed by atoms with van der Waals surface area (Å²) >= 11 is 0. The second kappa shape index (κ2) is 5.65. The summed E-state index contributed by atoms with van der Waals surface area (Å²) < 4.78 is 31.4. The molecule has 1 aromatic heterocycles. The molecule has 2 aliphatic heterocycles. The molecule has 0 unspecified atom stereocenters. The number of nitrogens with zero attached hydrogens (tertiary/aromatic N) is 3. The number of nitrogens with one attached hydrogen (secondary N) is 1. The number of aromatic amines is 1. The van der Waals surface area contributed by atoms with Gasteiger partial charge in [-0.1, -0.05) is 0 Å². The summed E-state index contributed by atoms with van der Waals surface area (Å²) in [6.45, 7) is 3.80. The van der Waals surface area contributed by atoms with E-state index in [2.05, 4.69) is 15.1 Å². The Morgan fingerprint density at radius 1 is 1.38 bits per heavy atom. The monoisotopic (exact) mass is 316 g/mol. The summed E-state index contributed by atoms with van der Waals surface area (Å²) in [4.78, 5) is 2.26. The van der Waals surface area contributed by atoms with Gasteiger partial charge in [0.1, 0.15) is 4.90 Å². The van der Waals surface area contributed by atoms with E-state index in [1.807, 2.05) is 0 Å². The summed E-state index contributed by atoms with van der Waals surface area (Å²) in [7, 11) is -3.57. The van der Waals surface area contributed by atoms with E-state index in [0.29, 0.717) is 32.7 Å². The first kappa shape index (κ1) is 14.9. The van der Waals surface area contributed by atoms with Gasteiger partial charge in [0, 0.05) is 38.9 Å². The Balaban J connectivity index is 1.67. The van der Waals surface area contributed by atoms with Gasteiger partial charge in [-0.05, 0) is 6.42 Å². The quantitative estimate of drug-likeness (QED) is 0.729. The molecule has 1 atom stereocenters. The normalized spacial score (nSPS) is 29.0. The van der Waals surface area contributed by atoms with Gasteiger partial charge in [0.25, 0.3) is 0 Å². The van der Waals surface area contributed by atoms with Crippen LogP contribution in [0.25, 0.3) is 0 Å². The first-order valence-corrected chi connectivity index (χ1v) is 8.45. The van der Waals surface area contributed by atoms with Crippen molar-refractivity contribution in [3.05, 3.63) is 12.4 Å². The number of ether oxygens (including phenoxy) is 1. The average molecular weight is 316 g/mol. The van der Waals surface area contributed by atoms with E-state index in [9.17, 15) is 13.5 Å². The van der Waals surface area contributed by atoms with Crippen molar-refractivity contribution in [2.45, 2.75) is 16.9 Å². The molecule has 0 saturated carbocycles. The van der Waals surface area contributed by atoms with Crippen LogP contribution >= 0.6 is 0 Å². The Bertz CT molecular complexity index is 570. The van der Waals surface area contributed by atoms with Crippen LogP contribution in [0.3, 0.4) is 0 Å². The number of morpholine rings is 1. The van der Waals surface area contributed by atoms with Crippen molar-refractivity contribution in [1.29, 1.82) is 0 Å². The zero-order valence-electron chi connectivity index (χ0n) is 11.7. The number of H-pyrrole nitrogens is 1. The maximum Gasteiger partial charge on any atom is 0.246 e. The average Bonchev–Trinajstić information content (AvgIpc) is 3.10. The van der Waals surface area contributed by atoms with Gasteiger partial charge in [0.05, 0.1) is 25.0 Å². The molecule has 2 saturated heterocycles. The summed E-state index contributed by atoms with van der Waals surface area (Å²) in [6.07, 6.45) is 3.09. The third-order valence-electron chi connectivity index (χ3n) is 4.03. The largest absolute Gasteiger partial charge is 0.387 e. The van der Waals surface area contributed by atoms with E-state index in [0.717, 1.165) is 13.1 Å². The van der Waals surface area contributed by atoms with Crippen LogP contribution in [0.1, 0.15) is 6.42 Å². The van der Waals surface area contributed by atoms with Crippen molar-refractivity contribution in [1.82, 2.24) is 19.4 Å². The highest BCUT2D eigenvalue weighted by molar-refractivity contribution is 7.89. The molecule has 8 nitrogen and oxygen atoms in total. The summed E-state index contributed by atoms with van der Waals surface area (Å²) in [5.74, 6) is 0. The fraction of sp³-hybridized carbons (Fsp3) is 0.750. The third-order valence-corrected chi connectivity index (χ3v) is 5.84. The zero-order valence-corrected chi connectivity index (χ0v) is 12.5. The maximum atomic E-state index is 12.4. The van der Waals surface area contributed by atoms with Crippen LogP contribution in [0.4, 0.5) is 0 Å². The molecule has 21 heavy (non-hydrogen) atoms. The number of aromatic nitrogens is 2. The Labute approximate surface area is 123 Å². The lowest BCUT2D eigenvalue weighted by atomic mass is 10.0. The third kappa shape index (κ3) is 3.11. The van der Waals surface area contributed by atoms with Crippen LogP contribution in [0.2, 0.25) is 0 Å². The van der Waals surface area contributed by atoms with Crippen LogP contribution in [0, 0.1) is 0 Å². The fourth-order valence-corrected chi connectivity index (χ4v) is 4.29. The Morgan fingerprint density at radius 2 is 2.14 bits per heavy atom. The van der Waals surface area contributed by atoms with Crippen molar-refractivity contribution < 1.29 is 18.3 Å². The second-order valence-electron chi connectivity index (χ2n) is 5.64. The highest BCUT2D eigenvalue weighted by atomic mass is 32.2. The fourth-order valence-electron chi connectivity index (χ4n) is 2.86. The van der Waals surface area contributed by atoms with E-state index in [1.54, 1.807) is 0 Å². The van der Waals surface area contributed by atoms with Gasteiger partial charge in [-0.3, -0.25) is 10.00 Å². The zero-order chi connectivity index (χ0) is 14.9. The molecule has 0 radical (unpaired) electrons. The molecular weight excluding hydrogens is 296 g/mol. The number of hydrogen-bond donors (Lipinski definition) is 2. The maximum absolute atomic E-state index is 12.4. The van der Waals surface area contributed by atoms with Crippen LogP contribution in [0.5, 0.6) is 0 Å². The summed E-state index contributed by atoms with van der Waals surface area (Å²) in [6, 6.07) is 0. The molecule has 3 rings (SSSR count). The van der Waals surface area contributed by atoms with E-state index >= 15 is 0 Å². The molecule has 9 heteroatoms. The minimum atomic E-state index is -3.57. The SMILES string of the molecule is O=S(=O)(c1cn[nH]c1)N1CC[C@](O)(CN2CCOCC2)C1. The Morgan fingerprint density at radius 3 is 2.81 bits per heavy atom. The molecule has 2 N–H and O–H groups in total. The highest BCUT2D eigenvalue weighted by Crippen LogP contribution is 2.27. The van der Waals surface area contributed by atoms with Crippen LogP contribution < -0.4 is 0 Å². The molecule has 0 bridgehead atoms. The smallest absolute Gasteiger partial charge is 0.246 e. The van der Waals surface area contributed by atoms with Gasteiger partial charge < -0.3 is 9.84 Å². The van der Waals surface area contributed by atoms with Crippen LogP contribution in [-0.2, 0) is 14.8 Å². The molecule has 118 valence electrons. The lowest BCUT2D eigenvalue weighted by Crippen LogP contribution is -2.49. The van der Waals surface area contributed by atoms with E-state index in [1.165, 1.54) is 16.7 Å². The topological polar surface area (TPSA) is 98.8 Å². The number of aliphatic hydroxyl groups is 1.